The first-order valence-corrected chi connectivity index (χ1v) is 9.12. The Kier molecular flexibility index (Phi) is 3.78. The number of H-pyrrole nitrogens is 1. The fourth-order valence-electron chi connectivity index (χ4n) is 3.39. The summed E-state index contributed by atoms with van der Waals surface area (Å²) in [7, 11) is 0. The Labute approximate surface area is 159 Å². The smallest absolute Gasteiger partial charge is 0.280 e. The molecule has 0 amide bonds. The summed E-state index contributed by atoms with van der Waals surface area (Å²) in [5.74, 6) is 1.21. The molecule has 0 radical (unpaired) electrons. The first-order valence-electron chi connectivity index (χ1n) is 9.12. The second-order valence-electron chi connectivity index (χ2n) is 6.63. The van der Waals surface area contributed by atoms with Gasteiger partial charge in [0.25, 0.3) is 5.56 Å². The predicted molar refractivity (Wildman–Crippen MR) is 104 cm³/mol. The highest BCUT2D eigenvalue weighted by molar-refractivity contribution is 5.77. The molecule has 0 aromatic carbocycles. The molecule has 0 aliphatic heterocycles. The zero-order chi connectivity index (χ0) is 19.1. The lowest BCUT2D eigenvalue weighted by Gasteiger charge is -2.05. The third-order valence-corrected chi connectivity index (χ3v) is 4.66. The molecule has 0 saturated heterocycles. The first kappa shape index (κ1) is 16.4. The predicted octanol–water partition coefficient (Wildman–Crippen LogP) is 2.09. The molecule has 5 heterocycles. The summed E-state index contributed by atoms with van der Waals surface area (Å²) in [6.07, 6.45) is 11.5. The van der Waals surface area contributed by atoms with E-state index in [1.165, 1.54) is 0 Å². The molecular weight excluding hydrogens is 356 g/mol. The topological polar surface area (TPSA) is 98.7 Å². The normalized spacial score (nSPS) is 11.6. The second kappa shape index (κ2) is 6.45. The maximum atomic E-state index is 12.9. The van der Waals surface area contributed by atoms with Crippen LogP contribution in [0, 0.1) is 0 Å². The first-order chi connectivity index (χ1) is 13.7. The molecule has 0 aliphatic carbocycles. The minimum absolute atomic E-state index is 0.114. The van der Waals surface area contributed by atoms with Gasteiger partial charge < -0.3 is 4.98 Å². The quantitative estimate of drug-likeness (QED) is 0.508. The molecule has 5 rings (SSSR count). The van der Waals surface area contributed by atoms with E-state index in [0.29, 0.717) is 35.9 Å². The van der Waals surface area contributed by atoms with Crippen molar-refractivity contribution in [2.75, 3.05) is 0 Å². The number of imidazole rings is 2. The van der Waals surface area contributed by atoms with Crippen LogP contribution in [0.4, 0.5) is 0 Å². The highest BCUT2D eigenvalue weighted by atomic mass is 16.1. The molecule has 5 aromatic heterocycles. The lowest BCUT2D eigenvalue weighted by Crippen LogP contribution is -2.23. The van der Waals surface area contributed by atoms with Gasteiger partial charge in [-0.3, -0.25) is 23.4 Å². The molecule has 9 nitrogen and oxygen atoms in total. The molecule has 5 aromatic rings. The van der Waals surface area contributed by atoms with Crippen LogP contribution in [0.5, 0.6) is 0 Å². The maximum absolute atomic E-state index is 12.9. The number of fused-ring (bicyclic) bond motifs is 3. The molecule has 0 unspecified atom stereocenters. The number of aryl methyl sites for hydroxylation is 1. The van der Waals surface area contributed by atoms with Gasteiger partial charge >= 0.3 is 0 Å². The molecule has 1 N–H and O–H groups in total. The van der Waals surface area contributed by atoms with Gasteiger partial charge in [-0.2, -0.15) is 5.10 Å². The van der Waals surface area contributed by atoms with Crippen LogP contribution in [0.25, 0.3) is 28.3 Å². The summed E-state index contributed by atoms with van der Waals surface area (Å²) < 4.78 is 5.34. The summed E-state index contributed by atoms with van der Waals surface area (Å²) in [5.41, 5.74) is 2.80. The summed E-state index contributed by atoms with van der Waals surface area (Å²) in [6.45, 7) is 3.25. The number of pyridine rings is 1. The summed E-state index contributed by atoms with van der Waals surface area (Å²) >= 11 is 0. The Hall–Kier alpha value is -3.75. The van der Waals surface area contributed by atoms with Gasteiger partial charge in [0, 0.05) is 37.5 Å². The van der Waals surface area contributed by atoms with Gasteiger partial charge in [-0.25, -0.2) is 9.97 Å². The largest absolute Gasteiger partial charge is 0.332 e. The van der Waals surface area contributed by atoms with Crippen LogP contribution < -0.4 is 5.56 Å². The Morgan fingerprint density at radius 3 is 2.96 bits per heavy atom. The van der Waals surface area contributed by atoms with Crippen molar-refractivity contribution in [3.63, 3.8) is 0 Å². The highest BCUT2D eigenvalue weighted by Crippen LogP contribution is 2.19. The van der Waals surface area contributed by atoms with Gasteiger partial charge in [-0.1, -0.05) is 13.0 Å². The van der Waals surface area contributed by atoms with E-state index in [0.717, 1.165) is 17.5 Å². The molecule has 0 saturated carbocycles. The lowest BCUT2D eigenvalue weighted by atomic mass is 10.3. The van der Waals surface area contributed by atoms with E-state index in [9.17, 15) is 4.79 Å². The van der Waals surface area contributed by atoms with Crippen molar-refractivity contribution in [2.45, 2.75) is 26.4 Å². The maximum Gasteiger partial charge on any atom is 0.280 e. The van der Waals surface area contributed by atoms with Crippen molar-refractivity contribution in [3.05, 3.63) is 65.2 Å². The van der Waals surface area contributed by atoms with E-state index in [-0.39, 0.29) is 5.56 Å². The number of nitrogens with zero attached hydrogens (tertiary/aromatic N) is 7. The Morgan fingerprint density at radius 1 is 1.21 bits per heavy atom. The fourth-order valence-corrected chi connectivity index (χ4v) is 3.39. The lowest BCUT2D eigenvalue weighted by molar-refractivity contribution is 0.663. The van der Waals surface area contributed by atoms with Crippen molar-refractivity contribution in [3.8, 4) is 11.4 Å². The summed E-state index contributed by atoms with van der Waals surface area (Å²) in [4.78, 5) is 29.2. The number of aromatic nitrogens is 8. The average Bonchev–Trinajstić information content (AvgIpc) is 3.44. The molecule has 0 spiro atoms. The Bertz CT molecular complexity index is 1320. The second-order valence-corrected chi connectivity index (χ2v) is 6.63. The van der Waals surface area contributed by atoms with E-state index in [4.69, 9.17) is 0 Å². The monoisotopic (exact) mass is 374 g/mol. The summed E-state index contributed by atoms with van der Waals surface area (Å²) in [5, 5.41) is 4.41. The minimum atomic E-state index is -0.114. The van der Waals surface area contributed by atoms with Crippen LogP contribution in [0.1, 0.15) is 18.9 Å². The molecule has 9 heteroatoms. The number of rotatable bonds is 5. The standard InChI is InChI=1S/C19H18N8O/c1-2-7-27-18(28)15-17(26-8-6-21-19(26)27)24-16(23-15)14-10-22-25(12-14)11-13-4-3-5-20-9-13/h3-6,8-10,12H,2,7,11H2,1H3,(H,23,24). The molecule has 0 bridgehead atoms. The molecule has 0 aliphatic rings. The zero-order valence-corrected chi connectivity index (χ0v) is 15.3. The summed E-state index contributed by atoms with van der Waals surface area (Å²) in [6, 6.07) is 3.90. The van der Waals surface area contributed by atoms with Gasteiger partial charge in [-0.05, 0) is 18.1 Å². The molecule has 28 heavy (non-hydrogen) atoms. The number of nitrogens with one attached hydrogen (secondary N) is 1. The Balaban J connectivity index is 1.59. The SMILES string of the molecule is CCCn1c(=O)c2[nH]c(-c3cnn(Cc4cccnc4)c3)nc2n2ccnc12. The van der Waals surface area contributed by atoms with E-state index < -0.39 is 0 Å². The van der Waals surface area contributed by atoms with E-state index >= 15 is 0 Å². The van der Waals surface area contributed by atoms with Crippen molar-refractivity contribution in [1.82, 2.24) is 38.7 Å². The van der Waals surface area contributed by atoms with Crippen LogP contribution in [0.2, 0.25) is 0 Å². The Morgan fingerprint density at radius 2 is 2.14 bits per heavy atom. The van der Waals surface area contributed by atoms with Crippen LogP contribution in [0.3, 0.4) is 0 Å². The van der Waals surface area contributed by atoms with Crippen LogP contribution in [-0.2, 0) is 13.1 Å². The fraction of sp³-hybridized carbons (Fsp3) is 0.211. The van der Waals surface area contributed by atoms with Gasteiger partial charge in [0.2, 0.25) is 5.78 Å². The van der Waals surface area contributed by atoms with E-state index in [1.807, 2.05) is 46.7 Å². The third kappa shape index (κ3) is 2.59. The molecular formula is C19H18N8O. The third-order valence-electron chi connectivity index (χ3n) is 4.66. The van der Waals surface area contributed by atoms with Gasteiger partial charge in [-0.15, -0.1) is 0 Å². The highest BCUT2D eigenvalue weighted by Gasteiger charge is 2.17. The van der Waals surface area contributed by atoms with Crippen LogP contribution in [-0.4, -0.2) is 38.7 Å². The van der Waals surface area contributed by atoms with Crippen molar-refractivity contribution >= 4 is 16.9 Å². The van der Waals surface area contributed by atoms with Crippen molar-refractivity contribution < 1.29 is 0 Å². The van der Waals surface area contributed by atoms with Crippen LogP contribution in [0.15, 0.2) is 54.1 Å². The average molecular weight is 374 g/mol. The molecule has 0 atom stereocenters. The van der Waals surface area contributed by atoms with Crippen molar-refractivity contribution in [2.24, 2.45) is 0 Å². The van der Waals surface area contributed by atoms with E-state index in [2.05, 4.69) is 25.0 Å². The molecule has 140 valence electrons. The molecule has 0 fully saturated rings. The van der Waals surface area contributed by atoms with Gasteiger partial charge in [0.05, 0.1) is 18.3 Å². The van der Waals surface area contributed by atoms with Gasteiger partial charge in [0.15, 0.2) is 11.2 Å². The van der Waals surface area contributed by atoms with Gasteiger partial charge in [0.1, 0.15) is 5.82 Å². The number of hydrogen-bond acceptors (Lipinski definition) is 5. The zero-order valence-electron chi connectivity index (χ0n) is 15.3. The minimum Gasteiger partial charge on any atom is -0.332 e. The van der Waals surface area contributed by atoms with E-state index in [1.54, 1.807) is 23.2 Å². The van der Waals surface area contributed by atoms with Crippen molar-refractivity contribution in [1.29, 1.82) is 0 Å². The van der Waals surface area contributed by atoms with Crippen LogP contribution >= 0.6 is 0 Å². The number of aromatic amines is 1. The number of hydrogen-bond donors (Lipinski definition) is 1.